The van der Waals surface area contributed by atoms with E-state index in [9.17, 15) is 13.2 Å². The minimum Gasteiger partial charge on any atom is -0.436 e. The van der Waals surface area contributed by atoms with E-state index in [0.717, 1.165) is 10.1 Å². The molecule has 10 nitrogen and oxygen atoms in total. The predicted molar refractivity (Wildman–Crippen MR) is 128 cm³/mol. The smallest absolute Gasteiger partial charge is 0.310 e. The first-order valence-electron chi connectivity index (χ1n) is 11.0. The highest BCUT2D eigenvalue weighted by atomic mass is 32.2. The summed E-state index contributed by atoms with van der Waals surface area (Å²) >= 11 is 1.17. The highest BCUT2D eigenvalue weighted by molar-refractivity contribution is 7.91. The second-order valence-corrected chi connectivity index (χ2v) is 11.5. The molecule has 1 amide bonds. The van der Waals surface area contributed by atoms with Gasteiger partial charge in [-0.05, 0) is 30.0 Å². The van der Waals surface area contributed by atoms with Crippen LogP contribution in [0.2, 0.25) is 0 Å². The van der Waals surface area contributed by atoms with Gasteiger partial charge in [0.2, 0.25) is 0 Å². The van der Waals surface area contributed by atoms with Gasteiger partial charge in [-0.1, -0.05) is 12.0 Å². The van der Waals surface area contributed by atoms with Crippen LogP contribution >= 0.6 is 11.3 Å². The van der Waals surface area contributed by atoms with E-state index in [1.807, 2.05) is 6.07 Å². The number of nitrogens with one attached hydrogen (secondary N) is 2. The fourth-order valence-electron chi connectivity index (χ4n) is 4.30. The molecule has 1 fully saturated rings. The topological polar surface area (TPSA) is 132 Å². The molecule has 180 valence electrons. The molecule has 5 rings (SSSR count). The van der Waals surface area contributed by atoms with Crippen LogP contribution in [0.3, 0.4) is 0 Å². The second kappa shape index (κ2) is 9.41. The number of nitriles is 1. The van der Waals surface area contributed by atoms with Crippen molar-refractivity contribution >= 4 is 37.4 Å². The average molecular weight is 511 g/mol. The molecule has 1 unspecified atom stereocenters. The maximum absolute atomic E-state index is 13.5. The largest absolute Gasteiger partial charge is 0.436 e. The molecule has 2 aliphatic heterocycles. The molecule has 0 aliphatic carbocycles. The van der Waals surface area contributed by atoms with Gasteiger partial charge in [0.05, 0.1) is 24.9 Å². The molecule has 3 aromatic rings. The van der Waals surface area contributed by atoms with Crippen molar-refractivity contribution in [2.45, 2.75) is 36.2 Å². The summed E-state index contributed by atoms with van der Waals surface area (Å²) < 4.78 is 35.1. The zero-order valence-electron chi connectivity index (χ0n) is 18.7. The minimum atomic E-state index is -3.79. The lowest BCUT2D eigenvalue weighted by Gasteiger charge is -2.39. The summed E-state index contributed by atoms with van der Waals surface area (Å²) in [5.41, 5.74) is 7.24. The van der Waals surface area contributed by atoms with Crippen molar-refractivity contribution in [1.82, 2.24) is 25.0 Å². The van der Waals surface area contributed by atoms with Crippen molar-refractivity contribution in [3.63, 3.8) is 0 Å². The van der Waals surface area contributed by atoms with Crippen LogP contribution in [0.5, 0.6) is 0 Å². The Morgan fingerprint density at radius 1 is 1.29 bits per heavy atom. The average Bonchev–Trinajstić information content (AvgIpc) is 3.51. The number of carbonyl (C=O) groups is 1. The SMILES string of the molecule is C#Cc1ccc2cc(S(=O)(=O)N3CCN(C(=O)c4nc5c(o4)CNNC5)C(CCC#N)C3)sc2c1. The summed E-state index contributed by atoms with van der Waals surface area (Å²) in [6.07, 6.45) is 6.00. The van der Waals surface area contributed by atoms with E-state index in [0.29, 0.717) is 36.5 Å². The third-order valence-electron chi connectivity index (χ3n) is 6.14. The van der Waals surface area contributed by atoms with E-state index < -0.39 is 22.0 Å². The number of rotatable bonds is 5. The Kier molecular flexibility index (Phi) is 6.32. The van der Waals surface area contributed by atoms with Gasteiger partial charge in [0.25, 0.3) is 15.9 Å². The van der Waals surface area contributed by atoms with Gasteiger partial charge < -0.3 is 9.32 Å². The number of thiophene rings is 1. The lowest BCUT2D eigenvalue weighted by Crippen LogP contribution is -2.56. The van der Waals surface area contributed by atoms with Gasteiger partial charge in [-0.3, -0.25) is 10.2 Å². The summed E-state index contributed by atoms with van der Waals surface area (Å²) in [5, 5.41) is 9.94. The van der Waals surface area contributed by atoms with Crippen LogP contribution < -0.4 is 10.9 Å². The number of sulfonamides is 1. The molecule has 1 aromatic carbocycles. The first-order chi connectivity index (χ1) is 16.9. The van der Waals surface area contributed by atoms with Crippen molar-refractivity contribution < 1.29 is 17.6 Å². The Morgan fingerprint density at radius 3 is 2.89 bits per heavy atom. The standard InChI is InChI=1S/C23H22N6O4S2/c1-2-15-5-6-16-11-21(34-20(16)10-15)35(31,32)28-8-9-29(17(14-28)4-3-7-24)23(30)22-27-18-12-25-26-13-19(18)33-22/h1,5-6,10-11,17,25-26H,3-4,8-9,12-14H2. The number of nitrogens with zero attached hydrogens (tertiary/aromatic N) is 4. The lowest BCUT2D eigenvalue weighted by atomic mass is 10.1. The molecule has 1 saturated heterocycles. The Morgan fingerprint density at radius 2 is 2.11 bits per heavy atom. The highest BCUT2D eigenvalue weighted by Crippen LogP contribution is 2.33. The predicted octanol–water partition coefficient (Wildman–Crippen LogP) is 1.80. The van der Waals surface area contributed by atoms with Gasteiger partial charge in [-0.15, -0.1) is 17.8 Å². The van der Waals surface area contributed by atoms with E-state index in [2.05, 4.69) is 27.8 Å². The first-order valence-corrected chi connectivity index (χ1v) is 13.3. The molecule has 2 aromatic heterocycles. The van der Waals surface area contributed by atoms with E-state index >= 15 is 0 Å². The number of oxazole rings is 1. The number of hydrazine groups is 1. The number of aromatic nitrogens is 1. The number of fused-ring (bicyclic) bond motifs is 2. The van der Waals surface area contributed by atoms with Crippen molar-refractivity contribution in [3.05, 3.63) is 47.2 Å². The number of carbonyl (C=O) groups excluding carboxylic acids is 1. The number of hydrogen-bond acceptors (Lipinski definition) is 9. The molecule has 0 saturated carbocycles. The van der Waals surface area contributed by atoms with Crippen molar-refractivity contribution in [3.8, 4) is 18.4 Å². The Labute approximate surface area is 206 Å². The summed E-state index contributed by atoms with van der Waals surface area (Å²) in [5.74, 6) is 2.74. The number of amides is 1. The summed E-state index contributed by atoms with van der Waals surface area (Å²) in [4.78, 5) is 19.2. The molecule has 0 spiro atoms. The number of benzene rings is 1. The Hall–Kier alpha value is -3.26. The van der Waals surface area contributed by atoms with Crippen molar-refractivity contribution in [2.24, 2.45) is 0 Å². The quantitative estimate of drug-likeness (QED) is 0.497. The minimum absolute atomic E-state index is 0.0208. The van der Waals surface area contributed by atoms with Crippen LogP contribution in [0.4, 0.5) is 0 Å². The van der Waals surface area contributed by atoms with Crippen molar-refractivity contribution in [1.29, 1.82) is 5.26 Å². The van der Waals surface area contributed by atoms with Gasteiger partial charge in [-0.2, -0.15) is 9.57 Å². The van der Waals surface area contributed by atoms with Crippen molar-refractivity contribution in [2.75, 3.05) is 19.6 Å². The molecular weight excluding hydrogens is 488 g/mol. The first kappa shape index (κ1) is 23.5. The van der Waals surface area contributed by atoms with E-state index in [1.54, 1.807) is 23.1 Å². The van der Waals surface area contributed by atoms with Gasteiger partial charge in [-0.25, -0.2) is 18.8 Å². The van der Waals surface area contributed by atoms with Crippen LogP contribution in [-0.2, 0) is 23.1 Å². The lowest BCUT2D eigenvalue weighted by molar-refractivity contribution is 0.0512. The maximum Gasteiger partial charge on any atom is 0.310 e. The summed E-state index contributed by atoms with van der Waals surface area (Å²) in [7, 11) is -3.79. The van der Waals surface area contributed by atoms with Crippen LogP contribution in [0.1, 0.15) is 40.5 Å². The molecule has 4 heterocycles. The van der Waals surface area contributed by atoms with Gasteiger partial charge in [0, 0.05) is 42.4 Å². The van der Waals surface area contributed by atoms with Gasteiger partial charge in [0.15, 0.2) is 0 Å². The van der Waals surface area contributed by atoms with E-state index in [4.69, 9.17) is 16.1 Å². The fraction of sp³-hybridized carbons (Fsp3) is 0.348. The monoisotopic (exact) mass is 510 g/mol. The van der Waals surface area contributed by atoms with E-state index in [-0.39, 0.29) is 36.2 Å². The van der Waals surface area contributed by atoms with Crippen LogP contribution in [0.15, 0.2) is 32.9 Å². The second-order valence-electron chi connectivity index (χ2n) is 8.27. The molecule has 2 aliphatic rings. The molecule has 1 atom stereocenters. The number of terminal acetylenes is 1. The van der Waals surface area contributed by atoms with Gasteiger partial charge >= 0.3 is 5.91 Å². The summed E-state index contributed by atoms with van der Waals surface area (Å²) in [6, 6.07) is 8.65. The molecule has 12 heteroatoms. The molecule has 0 bridgehead atoms. The third kappa shape index (κ3) is 4.43. The number of piperazine rings is 1. The fourth-order valence-corrected chi connectivity index (χ4v) is 7.37. The third-order valence-corrected chi connectivity index (χ3v) is 9.56. The van der Waals surface area contributed by atoms with Crippen LogP contribution in [-0.4, -0.2) is 54.2 Å². The maximum atomic E-state index is 13.5. The van der Waals surface area contributed by atoms with E-state index in [1.165, 1.54) is 15.6 Å². The molecule has 0 radical (unpaired) electrons. The molecule has 2 N–H and O–H groups in total. The number of hydrogen-bond donors (Lipinski definition) is 2. The Bertz CT molecular complexity index is 1460. The molecule has 35 heavy (non-hydrogen) atoms. The van der Waals surface area contributed by atoms with Gasteiger partial charge in [0.1, 0.15) is 9.97 Å². The molecular formula is C23H22N6O4S2. The van der Waals surface area contributed by atoms with Crippen LogP contribution in [0, 0.1) is 23.7 Å². The zero-order chi connectivity index (χ0) is 24.6. The highest BCUT2D eigenvalue weighted by Gasteiger charge is 2.38. The summed E-state index contributed by atoms with van der Waals surface area (Å²) in [6.45, 7) is 1.24. The zero-order valence-corrected chi connectivity index (χ0v) is 20.3. The van der Waals surface area contributed by atoms with Crippen LogP contribution in [0.25, 0.3) is 10.1 Å². The Balaban J connectivity index is 1.39. The normalized spacial score (nSPS) is 18.7.